The Labute approximate surface area is 89.0 Å². The molecule has 0 fully saturated rings. The van der Waals surface area contributed by atoms with Crippen molar-refractivity contribution in [2.24, 2.45) is 0 Å². The van der Waals surface area contributed by atoms with Gasteiger partial charge in [-0.05, 0) is 31.0 Å². The Hall–Kier alpha value is -1.51. The number of Topliss-reactive ketones (excluding diaryl/α,β-unsaturated/α-hetero) is 1. The molecule has 0 saturated carbocycles. The zero-order valence-corrected chi connectivity index (χ0v) is 9.16. The van der Waals surface area contributed by atoms with Gasteiger partial charge >= 0.3 is 0 Å². The smallest absolute Gasteiger partial charge is 0.206 e. The number of ether oxygens (including phenoxy) is 2. The minimum atomic E-state index is -0.388. The molecule has 1 aliphatic rings. The predicted octanol–water partition coefficient (Wildman–Crippen LogP) is 2.22. The zero-order chi connectivity index (χ0) is 11.0. The van der Waals surface area contributed by atoms with Gasteiger partial charge in [-0.2, -0.15) is 0 Å². The van der Waals surface area contributed by atoms with Crippen molar-refractivity contribution in [1.82, 2.24) is 0 Å². The lowest BCUT2D eigenvalue weighted by atomic mass is 10.0. The summed E-state index contributed by atoms with van der Waals surface area (Å²) in [4.78, 5) is 11.8. The summed E-state index contributed by atoms with van der Waals surface area (Å²) in [6, 6.07) is 3.81. The van der Waals surface area contributed by atoms with E-state index < -0.39 is 0 Å². The summed E-state index contributed by atoms with van der Waals surface area (Å²) >= 11 is 0. The molecular formula is C12H14O3. The van der Waals surface area contributed by atoms with Crippen molar-refractivity contribution in [1.29, 1.82) is 0 Å². The van der Waals surface area contributed by atoms with Gasteiger partial charge < -0.3 is 9.47 Å². The minimum absolute atomic E-state index is 0.0404. The second-order valence-corrected chi connectivity index (χ2v) is 3.65. The van der Waals surface area contributed by atoms with E-state index in [9.17, 15) is 4.79 Å². The quantitative estimate of drug-likeness (QED) is 0.744. The molecule has 1 aromatic rings. The predicted molar refractivity (Wildman–Crippen MR) is 56.8 cm³/mol. The largest absolute Gasteiger partial charge is 0.493 e. The van der Waals surface area contributed by atoms with Crippen LogP contribution < -0.4 is 9.47 Å². The number of aryl methyl sites for hydroxylation is 1. The Morgan fingerprint density at radius 3 is 2.80 bits per heavy atom. The van der Waals surface area contributed by atoms with Crippen molar-refractivity contribution in [3.8, 4) is 11.5 Å². The van der Waals surface area contributed by atoms with Crippen LogP contribution in [0, 0.1) is 0 Å². The van der Waals surface area contributed by atoms with Gasteiger partial charge in [-0.25, -0.2) is 0 Å². The number of fused-ring (bicyclic) bond motifs is 1. The third kappa shape index (κ3) is 1.48. The first-order valence-electron chi connectivity index (χ1n) is 5.09. The van der Waals surface area contributed by atoms with Crippen LogP contribution in [0.1, 0.15) is 29.8 Å². The van der Waals surface area contributed by atoms with Crippen molar-refractivity contribution >= 4 is 5.78 Å². The maximum atomic E-state index is 11.8. The molecule has 80 valence electrons. The lowest BCUT2D eigenvalue weighted by Crippen LogP contribution is -2.14. The summed E-state index contributed by atoms with van der Waals surface area (Å²) in [6.45, 7) is 3.80. The summed E-state index contributed by atoms with van der Waals surface area (Å²) < 4.78 is 10.7. The molecule has 2 rings (SSSR count). The molecule has 0 aromatic heterocycles. The van der Waals surface area contributed by atoms with Crippen LogP contribution in [0.3, 0.4) is 0 Å². The third-order valence-corrected chi connectivity index (χ3v) is 2.67. The maximum absolute atomic E-state index is 11.8. The van der Waals surface area contributed by atoms with E-state index in [1.54, 1.807) is 14.0 Å². The van der Waals surface area contributed by atoms with Crippen molar-refractivity contribution in [3.05, 3.63) is 23.3 Å². The molecule has 1 atom stereocenters. The van der Waals surface area contributed by atoms with Gasteiger partial charge in [-0.1, -0.05) is 6.92 Å². The molecular weight excluding hydrogens is 192 g/mol. The van der Waals surface area contributed by atoms with Crippen LogP contribution >= 0.6 is 0 Å². The van der Waals surface area contributed by atoms with Crippen LogP contribution in [-0.2, 0) is 6.42 Å². The molecule has 1 aliphatic heterocycles. The van der Waals surface area contributed by atoms with Gasteiger partial charge in [-0.15, -0.1) is 0 Å². The molecule has 0 spiro atoms. The van der Waals surface area contributed by atoms with Gasteiger partial charge in [0.2, 0.25) is 5.78 Å². The van der Waals surface area contributed by atoms with E-state index in [1.165, 1.54) is 0 Å². The number of hydrogen-bond acceptors (Lipinski definition) is 3. The fourth-order valence-electron chi connectivity index (χ4n) is 1.77. The number of methoxy groups -OCH3 is 1. The number of carbonyl (C=O) groups excluding carboxylic acids is 1. The molecule has 0 amide bonds. The summed E-state index contributed by atoms with van der Waals surface area (Å²) in [5.41, 5.74) is 1.75. The molecule has 1 aromatic carbocycles. The lowest BCUT2D eigenvalue weighted by Gasteiger charge is -2.08. The summed E-state index contributed by atoms with van der Waals surface area (Å²) in [6.07, 6.45) is 0.492. The van der Waals surface area contributed by atoms with E-state index in [0.29, 0.717) is 17.1 Å². The topological polar surface area (TPSA) is 35.5 Å². The van der Waals surface area contributed by atoms with Gasteiger partial charge in [0.15, 0.2) is 17.6 Å². The van der Waals surface area contributed by atoms with Crippen LogP contribution in [0.2, 0.25) is 0 Å². The molecule has 3 heteroatoms. The van der Waals surface area contributed by atoms with Gasteiger partial charge in [0.05, 0.1) is 12.7 Å². The molecule has 3 nitrogen and oxygen atoms in total. The Bertz CT molecular complexity index is 410. The van der Waals surface area contributed by atoms with Crippen LogP contribution in [0.5, 0.6) is 11.5 Å². The second-order valence-electron chi connectivity index (χ2n) is 3.65. The average molecular weight is 206 g/mol. The standard InChI is InChI=1S/C12H14O3/c1-4-8-5-9-11(13)7(2)15-12(9)10(6-8)14-3/h5-7H,4H2,1-3H3. The molecule has 1 heterocycles. The first-order chi connectivity index (χ1) is 7.17. The first kappa shape index (κ1) is 10.0. The number of ketones is 1. The van der Waals surface area contributed by atoms with Crippen molar-refractivity contribution < 1.29 is 14.3 Å². The fourth-order valence-corrected chi connectivity index (χ4v) is 1.77. The monoisotopic (exact) mass is 206 g/mol. The Morgan fingerprint density at radius 2 is 2.20 bits per heavy atom. The van der Waals surface area contributed by atoms with Crippen LogP contribution in [-0.4, -0.2) is 19.0 Å². The van der Waals surface area contributed by atoms with Gasteiger partial charge in [-0.3, -0.25) is 4.79 Å². The molecule has 0 N–H and O–H groups in total. The fraction of sp³-hybridized carbons (Fsp3) is 0.417. The van der Waals surface area contributed by atoms with Crippen molar-refractivity contribution in [2.75, 3.05) is 7.11 Å². The Morgan fingerprint density at radius 1 is 1.47 bits per heavy atom. The van der Waals surface area contributed by atoms with Crippen LogP contribution in [0.25, 0.3) is 0 Å². The first-order valence-corrected chi connectivity index (χ1v) is 5.09. The van der Waals surface area contributed by atoms with E-state index in [1.807, 2.05) is 19.1 Å². The Kier molecular flexibility index (Phi) is 2.39. The average Bonchev–Trinajstić information content (AvgIpc) is 2.54. The van der Waals surface area contributed by atoms with Gasteiger partial charge in [0.25, 0.3) is 0 Å². The SMILES string of the molecule is CCc1cc(OC)c2c(c1)C(=O)C(C)O2. The van der Waals surface area contributed by atoms with E-state index in [-0.39, 0.29) is 11.9 Å². The highest BCUT2D eigenvalue weighted by atomic mass is 16.5. The molecule has 1 unspecified atom stereocenters. The van der Waals surface area contributed by atoms with Crippen molar-refractivity contribution in [3.63, 3.8) is 0 Å². The van der Waals surface area contributed by atoms with E-state index in [4.69, 9.17) is 9.47 Å². The molecule has 0 aliphatic carbocycles. The lowest BCUT2D eigenvalue weighted by molar-refractivity contribution is 0.0877. The number of rotatable bonds is 2. The van der Waals surface area contributed by atoms with Crippen LogP contribution in [0.4, 0.5) is 0 Å². The summed E-state index contributed by atoms with van der Waals surface area (Å²) in [7, 11) is 1.59. The molecule has 0 radical (unpaired) electrons. The highest BCUT2D eigenvalue weighted by molar-refractivity contribution is 6.05. The van der Waals surface area contributed by atoms with E-state index in [0.717, 1.165) is 12.0 Å². The van der Waals surface area contributed by atoms with Crippen molar-refractivity contribution in [2.45, 2.75) is 26.4 Å². The second kappa shape index (κ2) is 3.57. The zero-order valence-electron chi connectivity index (χ0n) is 9.16. The van der Waals surface area contributed by atoms with Gasteiger partial charge in [0.1, 0.15) is 0 Å². The van der Waals surface area contributed by atoms with Crippen LogP contribution in [0.15, 0.2) is 12.1 Å². The normalized spacial score (nSPS) is 18.6. The minimum Gasteiger partial charge on any atom is -0.493 e. The van der Waals surface area contributed by atoms with Gasteiger partial charge in [0, 0.05) is 0 Å². The number of carbonyl (C=O) groups is 1. The molecule has 0 saturated heterocycles. The Balaban J connectivity index is 2.57. The third-order valence-electron chi connectivity index (χ3n) is 2.67. The molecule has 0 bridgehead atoms. The van der Waals surface area contributed by atoms with E-state index in [2.05, 4.69) is 0 Å². The maximum Gasteiger partial charge on any atom is 0.206 e. The number of benzene rings is 1. The number of hydrogen-bond donors (Lipinski definition) is 0. The van der Waals surface area contributed by atoms with E-state index >= 15 is 0 Å². The molecule has 15 heavy (non-hydrogen) atoms. The summed E-state index contributed by atoms with van der Waals surface area (Å²) in [5, 5.41) is 0. The highest BCUT2D eigenvalue weighted by Gasteiger charge is 2.31. The highest BCUT2D eigenvalue weighted by Crippen LogP contribution is 2.38. The summed E-state index contributed by atoms with van der Waals surface area (Å²) in [5.74, 6) is 1.29.